The minimum Gasteiger partial charge on any atom is -0.357 e. The lowest BCUT2D eigenvalue weighted by atomic mass is 10.2. The van der Waals surface area contributed by atoms with Gasteiger partial charge in [0.1, 0.15) is 5.82 Å². The van der Waals surface area contributed by atoms with Crippen LogP contribution in [0.1, 0.15) is 27.7 Å². The molecule has 0 spiro atoms. The molecule has 0 aliphatic carbocycles. The Morgan fingerprint density at radius 2 is 2.00 bits per heavy atom. The Balaban J connectivity index is 3.08. The van der Waals surface area contributed by atoms with Crippen molar-refractivity contribution in [2.45, 2.75) is 33.7 Å². The van der Waals surface area contributed by atoms with Crippen molar-refractivity contribution >= 4 is 27.7 Å². The van der Waals surface area contributed by atoms with E-state index >= 15 is 0 Å². The quantitative estimate of drug-likeness (QED) is 0.907. The average Bonchev–Trinajstić information content (AvgIpc) is 2.26. The Bertz CT molecular complexity index is 366. The second-order valence-corrected chi connectivity index (χ2v) is 5.61. The van der Waals surface area contributed by atoms with Gasteiger partial charge >= 0.3 is 0 Å². The molecule has 17 heavy (non-hydrogen) atoms. The zero-order valence-electron chi connectivity index (χ0n) is 11.2. The summed E-state index contributed by atoms with van der Waals surface area (Å²) in [6.07, 6.45) is 1.80. The fourth-order valence-electron chi connectivity index (χ4n) is 1.62. The number of hydrogen-bond donors (Lipinski definition) is 1. The van der Waals surface area contributed by atoms with E-state index in [2.05, 4.69) is 63.8 Å². The summed E-state index contributed by atoms with van der Waals surface area (Å²) in [7, 11) is 1.83. The lowest BCUT2D eigenvalue weighted by Gasteiger charge is -2.30. The number of halogens is 1. The van der Waals surface area contributed by atoms with Crippen molar-refractivity contribution in [3.05, 3.63) is 10.7 Å². The van der Waals surface area contributed by atoms with Crippen LogP contribution in [0.5, 0.6) is 0 Å². The van der Waals surface area contributed by atoms with E-state index in [9.17, 15) is 0 Å². The van der Waals surface area contributed by atoms with Crippen LogP contribution in [-0.4, -0.2) is 29.6 Å². The molecule has 5 heteroatoms. The number of aromatic nitrogens is 2. The van der Waals surface area contributed by atoms with Gasteiger partial charge in [0.25, 0.3) is 0 Å². The molecule has 0 unspecified atom stereocenters. The molecule has 0 radical (unpaired) electrons. The van der Waals surface area contributed by atoms with Gasteiger partial charge in [-0.2, -0.15) is 4.98 Å². The lowest BCUT2D eigenvalue weighted by Crippen LogP contribution is -2.35. The SMILES string of the molecule is CNc1ncc(Br)c(N(CC(C)C)C(C)C)n1. The maximum atomic E-state index is 4.52. The minimum absolute atomic E-state index is 0.410. The van der Waals surface area contributed by atoms with Gasteiger partial charge in [0.15, 0.2) is 0 Å². The normalized spacial score (nSPS) is 11.1. The third-order valence-corrected chi connectivity index (χ3v) is 2.97. The van der Waals surface area contributed by atoms with Gasteiger partial charge in [0, 0.05) is 25.8 Å². The molecule has 0 amide bonds. The van der Waals surface area contributed by atoms with E-state index in [4.69, 9.17) is 0 Å². The molecular weight excluding hydrogens is 280 g/mol. The molecule has 1 aromatic rings. The lowest BCUT2D eigenvalue weighted by molar-refractivity contribution is 0.565. The summed E-state index contributed by atoms with van der Waals surface area (Å²) in [6.45, 7) is 9.76. The Kier molecular flexibility index (Phi) is 5.18. The first-order valence-electron chi connectivity index (χ1n) is 5.92. The molecule has 0 aliphatic rings. The second-order valence-electron chi connectivity index (χ2n) is 4.76. The summed E-state index contributed by atoms with van der Waals surface area (Å²) < 4.78 is 0.936. The van der Waals surface area contributed by atoms with E-state index in [0.29, 0.717) is 17.9 Å². The summed E-state index contributed by atoms with van der Waals surface area (Å²) in [6, 6.07) is 0.410. The highest BCUT2D eigenvalue weighted by molar-refractivity contribution is 9.10. The van der Waals surface area contributed by atoms with Gasteiger partial charge in [-0.1, -0.05) is 13.8 Å². The van der Waals surface area contributed by atoms with Crippen LogP contribution >= 0.6 is 15.9 Å². The van der Waals surface area contributed by atoms with Crippen LogP contribution in [0.3, 0.4) is 0 Å². The smallest absolute Gasteiger partial charge is 0.224 e. The first kappa shape index (κ1) is 14.2. The van der Waals surface area contributed by atoms with Crippen molar-refractivity contribution in [1.29, 1.82) is 0 Å². The molecule has 96 valence electrons. The number of anilines is 2. The molecule has 0 saturated heterocycles. The Morgan fingerprint density at radius 1 is 1.35 bits per heavy atom. The van der Waals surface area contributed by atoms with Crippen LogP contribution in [0.15, 0.2) is 10.7 Å². The highest BCUT2D eigenvalue weighted by Crippen LogP contribution is 2.26. The molecule has 0 fully saturated rings. The summed E-state index contributed by atoms with van der Waals surface area (Å²) in [5.41, 5.74) is 0. The van der Waals surface area contributed by atoms with Gasteiger partial charge in [0.05, 0.1) is 4.47 Å². The van der Waals surface area contributed by atoms with Crippen molar-refractivity contribution in [2.75, 3.05) is 23.8 Å². The van der Waals surface area contributed by atoms with E-state index in [1.165, 1.54) is 0 Å². The third kappa shape index (κ3) is 3.84. The van der Waals surface area contributed by atoms with E-state index in [0.717, 1.165) is 16.8 Å². The topological polar surface area (TPSA) is 41.1 Å². The molecule has 1 aromatic heterocycles. The standard InChI is InChI=1S/C12H21BrN4/c1-8(2)7-17(9(3)4)11-10(13)6-15-12(14-5)16-11/h6,8-9H,7H2,1-5H3,(H,14,15,16). The van der Waals surface area contributed by atoms with Crippen molar-refractivity contribution in [3.63, 3.8) is 0 Å². The van der Waals surface area contributed by atoms with Crippen molar-refractivity contribution in [2.24, 2.45) is 5.92 Å². The van der Waals surface area contributed by atoms with Crippen molar-refractivity contribution in [3.8, 4) is 0 Å². The van der Waals surface area contributed by atoms with E-state index < -0.39 is 0 Å². The van der Waals surface area contributed by atoms with E-state index in [1.54, 1.807) is 6.20 Å². The molecule has 0 aliphatic heterocycles. The molecule has 0 aromatic carbocycles. The predicted molar refractivity (Wildman–Crippen MR) is 76.6 cm³/mol. The van der Waals surface area contributed by atoms with E-state index in [1.807, 2.05) is 7.05 Å². The van der Waals surface area contributed by atoms with Gasteiger partial charge in [-0.05, 0) is 35.7 Å². The number of hydrogen-bond acceptors (Lipinski definition) is 4. The van der Waals surface area contributed by atoms with Gasteiger partial charge in [-0.3, -0.25) is 0 Å². The van der Waals surface area contributed by atoms with Crippen LogP contribution < -0.4 is 10.2 Å². The Hall–Kier alpha value is -0.840. The monoisotopic (exact) mass is 300 g/mol. The molecule has 0 saturated carbocycles. The van der Waals surface area contributed by atoms with Crippen LogP contribution in [-0.2, 0) is 0 Å². The van der Waals surface area contributed by atoms with Gasteiger partial charge in [-0.25, -0.2) is 4.98 Å². The second kappa shape index (κ2) is 6.19. The maximum absolute atomic E-state index is 4.52. The van der Waals surface area contributed by atoms with Crippen LogP contribution in [0, 0.1) is 5.92 Å². The highest BCUT2D eigenvalue weighted by Gasteiger charge is 2.17. The fraction of sp³-hybridized carbons (Fsp3) is 0.667. The first-order chi connectivity index (χ1) is 7.95. The highest BCUT2D eigenvalue weighted by atomic mass is 79.9. The van der Waals surface area contributed by atoms with Crippen LogP contribution in [0.25, 0.3) is 0 Å². The minimum atomic E-state index is 0.410. The van der Waals surface area contributed by atoms with Gasteiger partial charge in [0.2, 0.25) is 5.95 Å². The zero-order valence-corrected chi connectivity index (χ0v) is 12.7. The van der Waals surface area contributed by atoms with Gasteiger partial charge < -0.3 is 10.2 Å². The molecule has 4 nitrogen and oxygen atoms in total. The van der Waals surface area contributed by atoms with Gasteiger partial charge in [-0.15, -0.1) is 0 Å². The van der Waals surface area contributed by atoms with Crippen LogP contribution in [0.2, 0.25) is 0 Å². The van der Waals surface area contributed by atoms with E-state index in [-0.39, 0.29) is 0 Å². The van der Waals surface area contributed by atoms with Crippen LogP contribution in [0.4, 0.5) is 11.8 Å². The maximum Gasteiger partial charge on any atom is 0.224 e. The third-order valence-electron chi connectivity index (χ3n) is 2.41. The first-order valence-corrected chi connectivity index (χ1v) is 6.72. The largest absolute Gasteiger partial charge is 0.357 e. The Labute approximate surface area is 112 Å². The number of rotatable bonds is 5. The average molecular weight is 301 g/mol. The number of nitrogens with zero attached hydrogens (tertiary/aromatic N) is 3. The number of nitrogens with one attached hydrogen (secondary N) is 1. The molecule has 1 N–H and O–H groups in total. The molecule has 0 atom stereocenters. The molecule has 0 bridgehead atoms. The fourth-order valence-corrected chi connectivity index (χ4v) is 2.03. The summed E-state index contributed by atoms with van der Waals surface area (Å²) >= 11 is 3.52. The summed E-state index contributed by atoms with van der Waals surface area (Å²) in [4.78, 5) is 11.0. The van der Waals surface area contributed by atoms with Crippen molar-refractivity contribution in [1.82, 2.24) is 9.97 Å². The van der Waals surface area contributed by atoms with Crippen molar-refractivity contribution < 1.29 is 0 Å². The summed E-state index contributed by atoms with van der Waals surface area (Å²) in [5.74, 6) is 2.20. The predicted octanol–water partition coefficient (Wildman–Crippen LogP) is 3.15. The summed E-state index contributed by atoms with van der Waals surface area (Å²) in [5, 5.41) is 2.97. The zero-order chi connectivity index (χ0) is 13.0. The molecule has 1 heterocycles. The molecular formula is C12H21BrN4. The Morgan fingerprint density at radius 3 is 2.47 bits per heavy atom. The molecule has 1 rings (SSSR count).